The van der Waals surface area contributed by atoms with Crippen LogP contribution in [0.1, 0.15) is 19.4 Å². The molecule has 3 rings (SSSR count). The van der Waals surface area contributed by atoms with Gasteiger partial charge in [-0.15, -0.1) is 0 Å². The van der Waals surface area contributed by atoms with Gasteiger partial charge >= 0.3 is 0 Å². The SMILES string of the molecule is CC1CN(CCc2cccc3cc(O)cc(O)c23)CC(C)O1. The first-order valence-electron chi connectivity index (χ1n) is 7.84. The zero-order valence-corrected chi connectivity index (χ0v) is 13.1. The van der Waals surface area contributed by atoms with Crippen LogP contribution in [0.25, 0.3) is 10.8 Å². The molecule has 0 bridgehead atoms. The number of morpholine rings is 1. The molecule has 0 spiro atoms. The van der Waals surface area contributed by atoms with Gasteiger partial charge < -0.3 is 14.9 Å². The normalized spacial score (nSPS) is 23.0. The summed E-state index contributed by atoms with van der Waals surface area (Å²) in [5.74, 6) is 0.243. The van der Waals surface area contributed by atoms with E-state index in [1.54, 1.807) is 6.07 Å². The molecule has 0 aliphatic carbocycles. The van der Waals surface area contributed by atoms with E-state index in [-0.39, 0.29) is 23.7 Å². The molecule has 4 heteroatoms. The number of aromatic hydroxyl groups is 2. The lowest BCUT2D eigenvalue weighted by molar-refractivity contribution is -0.0675. The highest BCUT2D eigenvalue weighted by atomic mass is 16.5. The first-order valence-corrected chi connectivity index (χ1v) is 7.84. The number of hydrogen-bond donors (Lipinski definition) is 2. The van der Waals surface area contributed by atoms with Crippen LogP contribution in [0.3, 0.4) is 0 Å². The Morgan fingerprint density at radius 1 is 1.14 bits per heavy atom. The molecule has 2 atom stereocenters. The highest BCUT2D eigenvalue weighted by Crippen LogP contribution is 2.32. The van der Waals surface area contributed by atoms with E-state index in [1.165, 1.54) is 6.07 Å². The van der Waals surface area contributed by atoms with Crippen LogP contribution in [0, 0.1) is 0 Å². The van der Waals surface area contributed by atoms with Crippen LogP contribution in [-0.2, 0) is 11.2 Å². The van der Waals surface area contributed by atoms with E-state index in [4.69, 9.17) is 4.74 Å². The topological polar surface area (TPSA) is 52.9 Å². The third-order valence-corrected chi connectivity index (χ3v) is 4.22. The smallest absolute Gasteiger partial charge is 0.127 e. The highest BCUT2D eigenvalue weighted by molar-refractivity contribution is 5.92. The molecule has 1 saturated heterocycles. The van der Waals surface area contributed by atoms with Crippen molar-refractivity contribution in [2.24, 2.45) is 0 Å². The molecule has 1 fully saturated rings. The van der Waals surface area contributed by atoms with E-state index in [0.29, 0.717) is 0 Å². The maximum Gasteiger partial charge on any atom is 0.127 e. The molecular formula is C18H23NO3. The Hall–Kier alpha value is -1.78. The number of nitrogens with zero attached hydrogens (tertiary/aromatic N) is 1. The van der Waals surface area contributed by atoms with Crippen LogP contribution in [0.4, 0.5) is 0 Å². The van der Waals surface area contributed by atoms with Gasteiger partial charge in [0.2, 0.25) is 0 Å². The molecule has 2 aromatic carbocycles. The van der Waals surface area contributed by atoms with Crippen molar-refractivity contribution in [3.63, 3.8) is 0 Å². The average Bonchev–Trinajstić information content (AvgIpc) is 2.43. The molecule has 0 saturated carbocycles. The molecule has 118 valence electrons. The zero-order chi connectivity index (χ0) is 15.7. The molecule has 2 aromatic rings. The van der Waals surface area contributed by atoms with Crippen molar-refractivity contribution in [3.05, 3.63) is 35.9 Å². The molecule has 1 aliphatic rings. The Bertz CT molecular complexity index is 661. The van der Waals surface area contributed by atoms with E-state index in [9.17, 15) is 10.2 Å². The molecule has 2 N–H and O–H groups in total. The number of phenols is 2. The standard InChI is InChI=1S/C18H23NO3/c1-12-10-19(11-13(2)22-12)7-6-14-4-3-5-15-8-16(20)9-17(21)18(14)15/h3-5,8-9,12-13,20-21H,6-7,10-11H2,1-2H3. The predicted molar refractivity (Wildman–Crippen MR) is 87.4 cm³/mol. The average molecular weight is 301 g/mol. The Morgan fingerprint density at radius 2 is 1.86 bits per heavy atom. The number of rotatable bonds is 3. The summed E-state index contributed by atoms with van der Waals surface area (Å²) in [5, 5.41) is 21.5. The van der Waals surface area contributed by atoms with Gasteiger partial charge in [0.05, 0.1) is 12.2 Å². The van der Waals surface area contributed by atoms with Crippen LogP contribution < -0.4 is 0 Å². The molecule has 0 aromatic heterocycles. The number of fused-ring (bicyclic) bond motifs is 1. The van der Waals surface area contributed by atoms with Crippen LogP contribution in [0.2, 0.25) is 0 Å². The van der Waals surface area contributed by atoms with Gasteiger partial charge in [-0.3, -0.25) is 4.90 Å². The van der Waals surface area contributed by atoms with Gasteiger partial charge in [0, 0.05) is 31.1 Å². The summed E-state index contributed by atoms with van der Waals surface area (Å²) in [6.07, 6.45) is 1.40. The maximum atomic E-state index is 10.2. The van der Waals surface area contributed by atoms with Gasteiger partial charge in [-0.2, -0.15) is 0 Å². The Morgan fingerprint density at radius 3 is 2.59 bits per heavy atom. The summed E-state index contributed by atoms with van der Waals surface area (Å²) in [4.78, 5) is 2.41. The van der Waals surface area contributed by atoms with Gasteiger partial charge in [0.25, 0.3) is 0 Å². The maximum absolute atomic E-state index is 10.2. The van der Waals surface area contributed by atoms with Crippen LogP contribution in [0.5, 0.6) is 11.5 Å². The number of phenolic OH excluding ortho intramolecular Hbond substituents is 2. The second kappa shape index (κ2) is 6.15. The Kier molecular flexibility index (Phi) is 4.23. The van der Waals surface area contributed by atoms with Crippen molar-refractivity contribution in [1.29, 1.82) is 0 Å². The van der Waals surface area contributed by atoms with E-state index in [0.717, 1.165) is 42.4 Å². The fourth-order valence-electron chi connectivity index (χ4n) is 3.42. The molecule has 1 aliphatic heterocycles. The second-order valence-electron chi connectivity index (χ2n) is 6.25. The van der Waals surface area contributed by atoms with Crippen molar-refractivity contribution in [2.45, 2.75) is 32.5 Å². The van der Waals surface area contributed by atoms with Gasteiger partial charge in [-0.25, -0.2) is 0 Å². The van der Waals surface area contributed by atoms with Crippen molar-refractivity contribution >= 4 is 10.8 Å². The molecule has 22 heavy (non-hydrogen) atoms. The summed E-state index contributed by atoms with van der Waals surface area (Å²) in [7, 11) is 0. The van der Waals surface area contributed by atoms with E-state index in [2.05, 4.69) is 18.7 Å². The third kappa shape index (κ3) is 3.18. The van der Waals surface area contributed by atoms with Crippen LogP contribution >= 0.6 is 0 Å². The van der Waals surface area contributed by atoms with Crippen molar-refractivity contribution in [3.8, 4) is 11.5 Å². The quantitative estimate of drug-likeness (QED) is 0.915. The number of hydrogen-bond acceptors (Lipinski definition) is 4. The minimum atomic E-state index is 0.0954. The molecular weight excluding hydrogens is 278 g/mol. The number of ether oxygens (including phenoxy) is 1. The first-order chi connectivity index (χ1) is 10.5. The van der Waals surface area contributed by atoms with Gasteiger partial charge in [-0.1, -0.05) is 18.2 Å². The fraction of sp³-hybridized carbons (Fsp3) is 0.444. The minimum Gasteiger partial charge on any atom is -0.508 e. The fourth-order valence-corrected chi connectivity index (χ4v) is 3.42. The lowest BCUT2D eigenvalue weighted by Crippen LogP contribution is -2.46. The summed E-state index contributed by atoms with van der Waals surface area (Å²) in [6, 6.07) is 9.03. The van der Waals surface area contributed by atoms with Crippen molar-refractivity contribution < 1.29 is 14.9 Å². The Balaban J connectivity index is 1.79. The zero-order valence-electron chi connectivity index (χ0n) is 13.1. The summed E-state index contributed by atoms with van der Waals surface area (Å²) in [6.45, 7) is 7.05. The minimum absolute atomic E-state index is 0.0954. The molecule has 2 unspecified atom stereocenters. The van der Waals surface area contributed by atoms with Crippen molar-refractivity contribution in [1.82, 2.24) is 4.90 Å². The van der Waals surface area contributed by atoms with Gasteiger partial charge in [-0.05, 0) is 37.3 Å². The summed E-state index contributed by atoms with van der Waals surface area (Å²) >= 11 is 0. The molecule has 1 heterocycles. The highest BCUT2D eigenvalue weighted by Gasteiger charge is 2.22. The predicted octanol–water partition coefficient (Wildman–Crippen LogP) is 2.90. The lowest BCUT2D eigenvalue weighted by atomic mass is 10.0. The van der Waals surface area contributed by atoms with Crippen LogP contribution in [-0.4, -0.2) is 47.0 Å². The third-order valence-electron chi connectivity index (χ3n) is 4.22. The molecule has 0 amide bonds. The van der Waals surface area contributed by atoms with E-state index in [1.807, 2.05) is 18.2 Å². The van der Waals surface area contributed by atoms with Crippen molar-refractivity contribution in [2.75, 3.05) is 19.6 Å². The van der Waals surface area contributed by atoms with Gasteiger partial charge in [0.15, 0.2) is 0 Å². The monoisotopic (exact) mass is 301 g/mol. The first kappa shape index (κ1) is 15.1. The van der Waals surface area contributed by atoms with Gasteiger partial charge in [0.1, 0.15) is 11.5 Å². The lowest BCUT2D eigenvalue weighted by Gasteiger charge is -2.35. The van der Waals surface area contributed by atoms with E-state index < -0.39 is 0 Å². The molecule has 0 radical (unpaired) electrons. The number of benzene rings is 2. The molecule has 4 nitrogen and oxygen atoms in total. The Labute approximate surface area is 130 Å². The second-order valence-corrected chi connectivity index (χ2v) is 6.25. The largest absolute Gasteiger partial charge is 0.508 e. The van der Waals surface area contributed by atoms with Crippen LogP contribution in [0.15, 0.2) is 30.3 Å². The summed E-state index contributed by atoms with van der Waals surface area (Å²) in [5.41, 5.74) is 1.11. The summed E-state index contributed by atoms with van der Waals surface area (Å²) < 4.78 is 5.76. The van der Waals surface area contributed by atoms with E-state index >= 15 is 0 Å².